The number of rotatable bonds is 3. The predicted molar refractivity (Wildman–Crippen MR) is 76.3 cm³/mol. The molecule has 3 heteroatoms. The molecule has 1 amide bonds. The van der Waals surface area contributed by atoms with Gasteiger partial charge in [0.25, 0.3) is 0 Å². The van der Waals surface area contributed by atoms with Crippen molar-refractivity contribution in [2.24, 2.45) is 5.92 Å². The second kappa shape index (κ2) is 5.24. The number of amides is 1. The molecule has 0 spiro atoms. The van der Waals surface area contributed by atoms with Crippen molar-refractivity contribution in [3.05, 3.63) is 29.3 Å². The third-order valence-electron chi connectivity index (χ3n) is 4.55. The number of fused-ring (bicyclic) bond motifs is 1. The minimum Gasteiger partial charge on any atom is -0.399 e. The lowest BCUT2D eigenvalue weighted by Gasteiger charge is -2.16. The van der Waals surface area contributed by atoms with Crippen LogP contribution < -0.4 is 5.73 Å². The Morgan fingerprint density at radius 2 is 1.95 bits per heavy atom. The highest BCUT2D eigenvalue weighted by Crippen LogP contribution is 2.30. The minimum absolute atomic E-state index is 0.307. The van der Waals surface area contributed by atoms with Crippen LogP contribution in [0.2, 0.25) is 0 Å². The number of hydrogen-bond acceptors (Lipinski definition) is 2. The zero-order valence-corrected chi connectivity index (χ0v) is 11.4. The Balaban J connectivity index is 1.55. The smallest absolute Gasteiger partial charge is 0.223 e. The van der Waals surface area contributed by atoms with Gasteiger partial charge in [-0.25, -0.2) is 0 Å². The van der Waals surface area contributed by atoms with Gasteiger partial charge in [-0.2, -0.15) is 0 Å². The van der Waals surface area contributed by atoms with Crippen LogP contribution in [0.25, 0.3) is 0 Å². The molecule has 0 aromatic heterocycles. The van der Waals surface area contributed by atoms with E-state index in [1.54, 1.807) is 0 Å². The number of carbonyl (C=O) groups is 1. The highest BCUT2D eigenvalue weighted by Gasteiger charge is 2.24. The first-order valence-corrected chi connectivity index (χ1v) is 7.37. The fourth-order valence-corrected chi connectivity index (χ4v) is 3.38. The highest BCUT2D eigenvalue weighted by molar-refractivity contribution is 5.77. The molecule has 1 fully saturated rings. The molecule has 0 radical (unpaired) electrons. The Kier molecular flexibility index (Phi) is 3.45. The number of nitrogen functional groups attached to an aromatic ring is 1. The molecule has 1 saturated carbocycles. The molecule has 1 aliphatic heterocycles. The van der Waals surface area contributed by atoms with Gasteiger partial charge in [0.2, 0.25) is 5.91 Å². The Morgan fingerprint density at radius 3 is 2.74 bits per heavy atom. The molecule has 0 atom stereocenters. The number of nitrogens with two attached hydrogens (primary N) is 1. The number of carbonyl (C=O) groups excluding carboxylic acids is 1. The molecule has 3 rings (SSSR count). The van der Waals surface area contributed by atoms with Crippen LogP contribution in [0.3, 0.4) is 0 Å². The maximum Gasteiger partial charge on any atom is 0.223 e. The molecule has 1 aromatic carbocycles. The van der Waals surface area contributed by atoms with E-state index in [-0.39, 0.29) is 0 Å². The molecule has 102 valence electrons. The lowest BCUT2D eigenvalue weighted by atomic mass is 10.0. The van der Waals surface area contributed by atoms with Crippen LogP contribution in [0.1, 0.15) is 49.7 Å². The van der Waals surface area contributed by atoms with Crippen LogP contribution in [-0.4, -0.2) is 10.8 Å². The topological polar surface area (TPSA) is 46.3 Å². The van der Waals surface area contributed by atoms with E-state index in [2.05, 4.69) is 6.07 Å². The quantitative estimate of drug-likeness (QED) is 0.847. The summed E-state index contributed by atoms with van der Waals surface area (Å²) in [4.78, 5) is 14.2. The van der Waals surface area contributed by atoms with Crippen LogP contribution in [0.4, 0.5) is 5.69 Å². The van der Waals surface area contributed by atoms with Gasteiger partial charge < -0.3 is 10.6 Å². The first-order chi connectivity index (χ1) is 9.22. The van der Waals surface area contributed by atoms with E-state index in [0.717, 1.165) is 31.1 Å². The van der Waals surface area contributed by atoms with Crippen molar-refractivity contribution in [1.82, 2.24) is 4.90 Å². The SMILES string of the molecule is Nc1ccc2c(c1)CN(C(=O)CCC1CCCC1)C2. The number of hydrogen-bond donors (Lipinski definition) is 1. The van der Waals surface area contributed by atoms with Crippen molar-refractivity contribution in [3.63, 3.8) is 0 Å². The molecule has 0 saturated heterocycles. The van der Waals surface area contributed by atoms with Gasteiger partial charge >= 0.3 is 0 Å². The summed E-state index contributed by atoms with van der Waals surface area (Å²) in [7, 11) is 0. The van der Waals surface area contributed by atoms with Gasteiger partial charge in [-0.15, -0.1) is 0 Å². The summed E-state index contributed by atoms with van der Waals surface area (Å²) in [6.45, 7) is 1.50. The van der Waals surface area contributed by atoms with Gasteiger partial charge in [0.1, 0.15) is 0 Å². The molecular formula is C16H22N2O. The first kappa shape index (κ1) is 12.5. The Morgan fingerprint density at radius 1 is 1.21 bits per heavy atom. The van der Waals surface area contributed by atoms with Crippen molar-refractivity contribution in [1.29, 1.82) is 0 Å². The van der Waals surface area contributed by atoms with E-state index < -0.39 is 0 Å². The van der Waals surface area contributed by atoms with E-state index >= 15 is 0 Å². The highest BCUT2D eigenvalue weighted by atomic mass is 16.2. The van der Waals surface area contributed by atoms with Crippen LogP contribution in [0.5, 0.6) is 0 Å². The lowest BCUT2D eigenvalue weighted by Crippen LogP contribution is -2.25. The molecule has 1 heterocycles. The molecule has 0 bridgehead atoms. The van der Waals surface area contributed by atoms with E-state index in [9.17, 15) is 4.79 Å². The zero-order valence-electron chi connectivity index (χ0n) is 11.4. The van der Waals surface area contributed by atoms with Crippen molar-refractivity contribution >= 4 is 11.6 Å². The summed E-state index contributed by atoms with van der Waals surface area (Å²) < 4.78 is 0. The Hall–Kier alpha value is -1.51. The third-order valence-corrected chi connectivity index (χ3v) is 4.55. The molecule has 2 aliphatic rings. The van der Waals surface area contributed by atoms with Gasteiger partial charge in [-0.3, -0.25) is 4.79 Å². The molecule has 1 aromatic rings. The van der Waals surface area contributed by atoms with Gasteiger partial charge in [-0.05, 0) is 35.6 Å². The molecule has 0 unspecified atom stereocenters. The van der Waals surface area contributed by atoms with E-state index in [4.69, 9.17) is 5.73 Å². The second-order valence-corrected chi connectivity index (χ2v) is 5.97. The van der Waals surface area contributed by atoms with Gasteiger partial charge in [-0.1, -0.05) is 31.7 Å². The summed E-state index contributed by atoms with van der Waals surface area (Å²) in [6.07, 6.45) is 7.15. The molecule has 19 heavy (non-hydrogen) atoms. The maximum atomic E-state index is 12.3. The fourth-order valence-electron chi connectivity index (χ4n) is 3.38. The van der Waals surface area contributed by atoms with Crippen LogP contribution in [-0.2, 0) is 17.9 Å². The zero-order chi connectivity index (χ0) is 13.2. The number of nitrogens with zero attached hydrogens (tertiary/aromatic N) is 1. The molecular weight excluding hydrogens is 236 g/mol. The van der Waals surface area contributed by atoms with Crippen molar-refractivity contribution in [2.75, 3.05) is 5.73 Å². The summed E-state index contributed by atoms with van der Waals surface area (Å²) in [5, 5.41) is 0. The van der Waals surface area contributed by atoms with Gasteiger partial charge in [0.05, 0.1) is 0 Å². The van der Waals surface area contributed by atoms with E-state index in [1.807, 2.05) is 17.0 Å². The van der Waals surface area contributed by atoms with Crippen molar-refractivity contribution < 1.29 is 4.79 Å². The average Bonchev–Trinajstić information content (AvgIpc) is 3.04. The summed E-state index contributed by atoms with van der Waals surface area (Å²) in [5.74, 6) is 1.10. The van der Waals surface area contributed by atoms with E-state index in [1.165, 1.54) is 36.8 Å². The molecule has 1 aliphatic carbocycles. The minimum atomic E-state index is 0.307. The Labute approximate surface area is 114 Å². The monoisotopic (exact) mass is 258 g/mol. The van der Waals surface area contributed by atoms with Crippen molar-refractivity contribution in [3.8, 4) is 0 Å². The van der Waals surface area contributed by atoms with Gasteiger partial charge in [0.15, 0.2) is 0 Å². The number of anilines is 1. The average molecular weight is 258 g/mol. The van der Waals surface area contributed by atoms with E-state index in [0.29, 0.717) is 12.3 Å². The van der Waals surface area contributed by atoms with Crippen LogP contribution >= 0.6 is 0 Å². The maximum absolute atomic E-state index is 12.3. The summed E-state index contributed by atoms with van der Waals surface area (Å²) in [5.41, 5.74) is 9.05. The largest absolute Gasteiger partial charge is 0.399 e. The summed E-state index contributed by atoms with van der Waals surface area (Å²) >= 11 is 0. The van der Waals surface area contributed by atoms with Crippen LogP contribution in [0.15, 0.2) is 18.2 Å². The molecule has 2 N–H and O–H groups in total. The van der Waals surface area contributed by atoms with Crippen molar-refractivity contribution in [2.45, 2.75) is 51.6 Å². The second-order valence-electron chi connectivity index (χ2n) is 5.97. The standard InChI is InChI=1S/C16H22N2O/c17-15-7-6-13-10-18(11-14(13)9-15)16(19)8-5-12-3-1-2-4-12/h6-7,9,12H,1-5,8,10-11,17H2. The fraction of sp³-hybridized carbons (Fsp3) is 0.562. The predicted octanol–water partition coefficient (Wildman–Crippen LogP) is 3.08. The Bertz CT molecular complexity index is 478. The van der Waals surface area contributed by atoms with Gasteiger partial charge in [0, 0.05) is 25.2 Å². The summed E-state index contributed by atoms with van der Waals surface area (Å²) in [6, 6.07) is 5.97. The normalized spacial score (nSPS) is 18.8. The lowest BCUT2D eigenvalue weighted by molar-refractivity contribution is -0.132. The van der Waals surface area contributed by atoms with Crippen LogP contribution in [0, 0.1) is 5.92 Å². The third kappa shape index (κ3) is 2.75. The first-order valence-electron chi connectivity index (χ1n) is 7.37. The number of benzene rings is 1. The molecule has 3 nitrogen and oxygen atoms in total.